The van der Waals surface area contributed by atoms with Crippen LogP contribution in [0.25, 0.3) is 11.5 Å². The van der Waals surface area contributed by atoms with Crippen LogP contribution < -0.4 is 5.32 Å². The van der Waals surface area contributed by atoms with Crippen molar-refractivity contribution in [3.8, 4) is 11.5 Å². The predicted octanol–water partition coefficient (Wildman–Crippen LogP) is 3.71. The number of pyridine rings is 1. The monoisotopic (exact) mass is 468 g/mol. The molecule has 2 aromatic heterocycles. The molecule has 7 heteroatoms. The highest BCUT2D eigenvalue weighted by Crippen LogP contribution is 2.27. The van der Waals surface area contributed by atoms with Crippen molar-refractivity contribution in [3.63, 3.8) is 0 Å². The Hall–Kier alpha value is -0.280. The van der Waals surface area contributed by atoms with Crippen molar-refractivity contribution in [1.82, 2.24) is 15.0 Å². The van der Waals surface area contributed by atoms with Gasteiger partial charge < -0.3 is 5.32 Å². The Morgan fingerprint density at radius 2 is 2.00 bits per heavy atom. The van der Waals surface area contributed by atoms with Crippen molar-refractivity contribution < 1.29 is 0 Å². The highest BCUT2D eigenvalue weighted by molar-refractivity contribution is 14.1. The van der Waals surface area contributed by atoms with Gasteiger partial charge in [-0.1, -0.05) is 0 Å². The lowest BCUT2D eigenvalue weighted by molar-refractivity contribution is 1.11. The first-order valence-electron chi connectivity index (χ1n) is 4.63. The van der Waals surface area contributed by atoms with E-state index in [9.17, 15) is 0 Å². The zero-order chi connectivity index (χ0) is 12.4. The summed E-state index contributed by atoms with van der Waals surface area (Å²) in [4.78, 5) is 13.0. The molecule has 0 aliphatic heterocycles. The van der Waals surface area contributed by atoms with Crippen LogP contribution in [0.3, 0.4) is 0 Å². The highest BCUT2D eigenvalue weighted by atomic mass is 127. The van der Waals surface area contributed by atoms with Gasteiger partial charge in [0.05, 0.1) is 3.57 Å². The number of hydrogen-bond acceptors (Lipinski definition) is 4. The van der Waals surface area contributed by atoms with Gasteiger partial charge >= 0.3 is 0 Å². The molecule has 0 spiro atoms. The first kappa shape index (κ1) is 13.2. The highest BCUT2D eigenvalue weighted by Gasteiger charge is 2.10. The van der Waals surface area contributed by atoms with Crippen molar-refractivity contribution in [1.29, 1.82) is 0 Å². The third kappa shape index (κ3) is 2.94. The van der Waals surface area contributed by atoms with Gasteiger partial charge in [-0.2, -0.15) is 0 Å². The summed E-state index contributed by atoms with van der Waals surface area (Å²) >= 11 is 9.00. The summed E-state index contributed by atoms with van der Waals surface area (Å²) < 4.78 is 2.74. The van der Waals surface area contributed by atoms with E-state index in [-0.39, 0.29) is 0 Å². The first-order valence-corrected chi connectivity index (χ1v) is 7.30. The third-order valence-corrected chi connectivity index (χ3v) is 3.83. The van der Waals surface area contributed by atoms with E-state index < -0.39 is 0 Å². The van der Waals surface area contributed by atoms with E-state index in [4.69, 9.17) is 0 Å². The molecule has 0 atom stereocenters. The van der Waals surface area contributed by atoms with Gasteiger partial charge in [0.15, 0.2) is 5.82 Å². The molecule has 0 bridgehead atoms. The molecule has 2 aromatic rings. The molecular weight excluding hydrogens is 463 g/mol. The van der Waals surface area contributed by atoms with Crippen molar-refractivity contribution in [3.05, 3.63) is 31.0 Å². The molecule has 1 N–H and O–H groups in total. The van der Waals surface area contributed by atoms with E-state index in [1.807, 2.05) is 13.1 Å². The standard InChI is InChI=1S/C10H7Br2IN4/c1-14-9-7(13)4-16-10(17-9)8-6(12)2-5(11)3-15-8/h2-4H,1H3,(H,14,16,17). The first-order chi connectivity index (χ1) is 8.11. The molecule has 0 saturated heterocycles. The molecular formula is C10H7Br2IN4. The Labute approximate surface area is 129 Å². The quantitative estimate of drug-likeness (QED) is 0.681. The average Bonchev–Trinajstić information content (AvgIpc) is 2.30. The van der Waals surface area contributed by atoms with Crippen molar-refractivity contribution in [2.45, 2.75) is 0 Å². The molecule has 0 aliphatic carbocycles. The van der Waals surface area contributed by atoms with Crippen LogP contribution in [0, 0.1) is 3.57 Å². The zero-order valence-corrected chi connectivity index (χ0v) is 14.0. The van der Waals surface area contributed by atoms with E-state index in [2.05, 4.69) is 74.7 Å². The second kappa shape index (κ2) is 5.57. The summed E-state index contributed by atoms with van der Waals surface area (Å²) in [5.41, 5.74) is 0.723. The maximum absolute atomic E-state index is 4.41. The maximum atomic E-state index is 4.41. The fourth-order valence-electron chi connectivity index (χ4n) is 1.24. The molecule has 0 fully saturated rings. The molecule has 17 heavy (non-hydrogen) atoms. The lowest BCUT2D eigenvalue weighted by Crippen LogP contribution is -2.00. The van der Waals surface area contributed by atoms with Crippen molar-refractivity contribution in [2.75, 3.05) is 12.4 Å². The SMILES string of the molecule is CNc1nc(-c2ncc(Br)cc2Br)ncc1I. The Morgan fingerprint density at radius 1 is 1.24 bits per heavy atom. The third-order valence-electron chi connectivity index (χ3n) is 2.00. The van der Waals surface area contributed by atoms with Crippen LogP contribution >= 0.6 is 54.5 Å². The van der Waals surface area contributed by atoms with Gasteiger partial charge in [-0.15, -0.1) is 0 Å². The van der Waals surface area contributed by atoms with Crippen LogP contribution in [-0.2, 0) is 0 Å². The van der Waals surface area contributed by atoms with Crippen LogP contribution in [-0.4, -0.2) is 22.0 Å². The van der Waals surface area contributed by atoms with Crippen LogP contribution in [0.4, 0.5) is 5.82 Å². The topological polar surface area (TPSA) is 50.7 Å². The van der Waals surface area contributed by atoms with Gasteiger partial charge in [-0.25, -0.2) is 9.97 Å². The fraction of sp³-hybridized carbons (Fsp3) is 0.100. The van der Waals surface area contributed by atoms with E-state index in [0.29, 0.717) is 5.82 Å². The van der Waals surface area contributed by atoms with Crippen molar-refractivity contribution in [2.24, 2.45) is 0 Å². The molecule has 0 aromatic carbocycles. The van der Waals surface area contributed by atoms with Gasteiger partial charge in [0.1, 0.15) is 11.5 Å². The lowest BCUT2D eigenvalue weighted by Gasteiger charge is -2.06. The summed E-state index contributed by atoms with van der Waals surface area (Å²) in [6.45, 7) is 0. The van der Waals surface area contributed by atoms with E-state index >= 15 is 0 Å². The molecule has 2 rings (SSSR count). The summed E-state index contributed by atoms with van der Waals surface area (Å²) in [6.07, 6.45) is 3.49. The van der Waals surface area contributed by atoms with Gasteiger partial charge in [0.25, 0.3) is 0 Å². The van der Waals surface area contributed by atoms with E-state index in [0.717, 1.165) is 24.0 Å². The Morgan fingerprint density at radius 3 is 2.65 bits per heavy atom. The number of hydrogen-bond donors (Lipinski definition) is 1. The maximum Gasteiger partial charge on any atom is 0.181 e. The number of anilines is 1. The molecule has 0 saturated carbocycles. The average molecular weight is 470 g/mol. The minimum absolute atomic E-state index is 0.592. The van der Waals surface area contributed by atoms with Crippen molar-refractivity contribution >= 4 is 60.3 Å². The van der Waals surface area contributed by atoms with Gasteiger partial charge in [-0.3, -0.25) is 4.98 Å². The molecule has 88 valence electrons. The number of nitrogens with one attached hydrogen (secondary N) is 1. The molecule has 4 nitrogen and oxygen atoms in total. The second-order valence-electron chi connectivity index (χ2n) is 3.12. The molecule has 0 amide bonds. The number of rotatable bonds is 2. The molecule has 2 heterocycles. The minimum Gasteiger partial charge on any atom is -0.372 e. The summed E-state index contributed by atoms with van der Waals surface area (Å²) in [5.74, 6) is 1.39. The smallest absolute Gasteiger partial charge is 0.181 e. The van der Waals surface area contributed by atoms with Crippen LogP contribution in [0.2, 0.25) is 0 Å². The number of aromatic nitrogens is 3. The summed E-state index contributed by atoms with van der Waals surface area (Å²) in [6, 6.07) is 1.92. The number of nitrogens with zero attached hydrogens (tertiary/aromatic N) is 3. The van der Waals surface area contributed by atoms with E-state index in [1.54, 1.807) is 12.4 Å². The molecule has 0 unspecified atom stereocenters. The van der Waals surface area contributed by atoms with E-state index in [1.165, 1.54) is 0 Å². The summed E-state index contributed by atoms with van der Waals surface area (Å²) in [7, 11) is 1.83. The Kier molecular flexibility index (Phi) is 4.31. The van der Waals surface area contributed by atoms with Gasteiger partial charge in [0.2, 0.25) is 0 Å². The largest absolute Gasteiger partial charge is 0.372 e. The zero-order valence-electron chi connectivity index (χ0n) is 8.71. The summed E-state index contributed by atoms with van der Waals surface area (Å²) in [5, 5.41) is 3.03. The Balaban J connectivity index is 2.53. The lowest BCUT2D eigenvalue weighted by atomic mass is 10.3. The second-order valence-corrected chi connectivity index (χ2v) is 6.06. The number of halogens is 3. The van der Waals surface area contributed by atoms with Gasteiger partial charge in [-0.05, 0) is 60.5 Å². The van der Waals surface area contributed by atoms with Crippen LogP contribution in [0.5, 0.6) is 0 Å². The minimum atomic E-state index is 0.592. The predicted molar refractivity (Wildman–Crippen MR) is 82.9 cm³/mol. The van der Waals surface area contributed by atoms with Gasteiger partial charge in [0, 0.05) is 28.4 Å². The van der Waals surface area contributed by atoms with Crippen LogP contribution in [0.1, 0.15) is 0 Å². The fourth-order valence-corrected chi connectivity index (χ4v) is 2.93. The Bertz CT molecular complexity index is 562. The normalized spacial score (nSPS) is 10.4. The molecule has 0 radical (unpaired) electrons. The van der Waals surface area contributed by atoms with Crippen LogP contribution in [0.15, 0.2) is 27.4 Å². The molecule has 0 aliphatic rings.